The Kier molecular flexibility index (Phi) is 8.05. The molecule has 0 aromatic rings. The van der Waals surface area contributed by atoms with Gasteiger partial charge in [-0.05, 0) is 13.3 Å². The molecule has 4 heteroatoms. The summed E-state index contributed by atoms with van der Waals surface area (Å²) in [7, 11) is 1.61. The van der Waals surface area contributed by atoms with Crippen LogP contribution in [0, 0.1) is 0 Å². The Bertz CT molecular complexity index is 111. The fourth-order valence-electron chi connectivity index (χ4n) is 0.913. The van der Waals surface area contributed by atoms with Crippen LogP contribution >= 0.6 is 0 Å². The van der Waals surface area contributed by atoms with Crippen molar-refractivity contribution in [3.8, 4) is 0 Å². The molecule has 0 fully saturated rings. The highest BCUT2D eigenvalue weighted by atomic mass is 35.5. The Morgan fingerprint density at radius 1 is 1.25 bits per heavy atom. The van der Waals surface area contributed by atoms with Crippen molar-refractivity contribution in [3.63, 3.8) is 0 Å². The highest BCUT2D eigenvalue weighted by molar-refractivity contribution is 4.35. The van der Waals surface area contributed by atoms with E-state index >= 15 is 0 Å². The fraction of sp³-hybridized carbons (Fsp3) is 1.00. The number of quaternary nitrogens is 1. The third kappa shape index (κ3) is 4.21. The summed E-state index contributed by atoms with van der Waals surface area (Å²) in [5.74, 6) is 0. The minimum atomic E-state index is -2.23. The smallest absolute Gasteiger partial charge is 0.380 e. The fourth-order valence-corrected chi connectivity index (χ4v) is 0.913. The maximum atomic E-state index is 12.4. The normalized spacial score (nSPS) is 15.5. The van der Waals surface area contributed by atoms with Gasteiger partial charge in [0.1, 0.15) is 0 Å². The van der Waals surface area contributed by atoms with Gasteiger partial charge in [-0.15, -0.1) is 0 Å². The van der Waals surface area contributed by atoms with Crippen molar-refractivity contribution in [3.05, 3.63) is 0 Å². The van der Waals surface area contributed by atoms with Crippen LogP contribution in [0.3, 0.4) is 0 Å². The van der Waals surface area contributed by atoms with Crippen LogP contribution in [0.15, 0.2) is 0 Å². The van der Waals surface area contributed by atoms with Crippen LogP contribution in [0.2, 0.25) is 0 Å². The molecule has 0 spiro atoms. The molecule has 0 bridgehead atoms. The van der Waals surface area contributed by atoms with E-state index in [0.717, 1.165) is 12.8 Å². The van der Waals surface area contributed by atoms with Gasteiger partial charge in [0.05, 0.1) is 20.1 Å². The minimum Gasteiger partial charge on any atom is -1.00 e. The number of nitrogens with zero attached hydrogens (tertiary/aromatic N) is 1. The lowest BCUT2D eigenvalue weighted by molar-refractivity contribution is -0.961. The third-order valence-electron chi connectivity index (χ3n) is 2.22. The van der Waals surface area contributed by atoms with E-state index in [1.807, 2.05) is 13.8 Å². The van der Waals surface area contributed by atoms with E-state index in [1.54, 1.807) is 7.05 Å². The molecule has 0 saturated carbocycles. The number of rotatable bonds is 5. The molecule has 0 aliphatic carbocycles. The summed E-state index contributed by atoms with van der Waals surface area (Å²) in [6.07, 6.45) is 1.87. The zero-order valence-electron chi connectivity index (χ0n) is 7.99. The first-order valence-electron chi connectivity index (χ1n) is 4.19. The maximum Gasteiger partial charge on any atom is 0.380 e. The van der Waals surface area contributed by atoms with Crippen LogP contribution in [0.5, 0.6) is 0 Å². The van der Waals surface area contributed by atoms with Crippen LogP contribution < -0.4 is 12.4 Å². The van der Waals surface area contributed by atoms with Gasteiger partial charge in [-0.2, -0.15) is 8.78 Å². The Morgan fingerprint density at radius 3 is 2.00 bits per heavy atom. The summed E-state index contributed by atoms with van der Waals surface area (Å²) in [6, 6.07) is 0. The second-order valence-corrected chi connectivity index (χ2v) is 3.15. The molecule has 0 radical (unpaired) electrons. The molecule has 1 nitrogen and oxygen atoms in total. The quantitative estimate of drug-likeness (QED) is 0.415. The van der Waals surface area contributed by atoms with Gasteiger partial charge in [0, 0.05) is 0 Å². The monoisotopic (exact) mass is 201 g/mol. The van der Waals surface area contributed by atoms with Crippen LogP contribution in [0.25, 0.3) is 0 Å². The van der Waals surface area contributed by atoms with Crippen LogP contribution in [0.1, 0.15) is 26.7 Å². The van der Waals surface area contributed by atoms with Crippen molar-refractivity contribution in [1.29, 1.82) is 0 Å². The molecule has 0 aromatic carbocycles. The molecule has 0 heterocycles. The Hall–Kier alpha value is 0.110. The van der Waals surface area contributed by atoms with E-state index in [1.165, 1.54) is 0 Å². The average molecular weight is 202 g/mol. The number of alkyl halides is 2. The third-order valence-corrected chi connectivity index (χ3v) is 2.22. The second kappa shape index (κ2) is 6.61. The number of hydrogen-bond acceptors (Lipinski definition) is 0. The van der Waals surface area contributed by atoms with Gasteiger partial charge in [-0.25, -0.2) is 0 Å². The van der Waals surface area contributed by atoms with Crippen molar-refractivity contribution in [2.45, 2.75) is 33.2 Å². The molecular formula is C8H18ClF2N. The van der Waals surface area contributed by atoms with Gasteiger partial charge < -0.3 is 12.4 Å². The van der Waals surface area contributed by atoms with E-state index < -0.39 is 6.55 Å². The van der Waals surface area contributed by atoms with Gasteiger partial charge in [-0.1, -0.05) is 13.3 Å². The zero-order chi connectivity index (χ0) is 8.91. The molecule has 0 aromatic heterocycles. The van der Waals surface area contributed by atoms with E-state index in [9.17, 15) is 8.78 Å². The molecule has 0 saturated heterocycles. The predicted octanol–water partition coefficient (Wildman–Crippen LogP) is -0.520. The number of halogens is 3. The molecule has 12 heavy (non-hydrogen) atoms. The van der Waals surface area contributed by atoms with E-state index in [0.29, 0.717) is 13.1 Å². The molecule has 76 valence electrons. The van der Waals surface area contributed by atoms with Gasteiger partial charge in [0.25, 0.3) is 0 Å². The summed E-state index contributed by atoms with van der Waals surface area (Å²) in [4.78, 5) is 0. The molecule has 0 N–H and O–H groups in total. The molecular weight excluding hydrogens is 184 g/mol. The van der Waals surface area contributed by atoms with Crippen molar-refractivity contribution >= 4 is 0 Å². The summed E-state index contributed by atoms with van der Waals surface area (Å²) in [5, 5.41) is 0. The van der Waals surface area contributed by atoms with Crippen molar-refractivity contribution in [2.24, 2.45) is 0 Å². The van der Waals surface area contributed by atoms with E-state index in [4.69, 9.17) is 0 Å². The van der Waals surface area contributed by atoms with Crippen molar-refractivity contribution in [1.82, 2.24) is 0 Å². The van der Waals surface area contributed by atoms with Crippen molar-refractivity contribution < 1.29 is 25.7 Å². The predicted molar refractivity (Wildman–Crippen MR) is 42.5 cm³/mol. The van der Waals surface area contributed by atoms with Gasteiger partial charge in [0.15, 0.2) is 0 Å². The topological polar surface area (TPSA) is 0 Å². The average Bonchev–Trinajstić information content (AvgIpc) is 2.00. The molecule has 0 aliphatic rings. The standard InChI is InChI=1S/C8H18F2N.ClH/c1-4-6-7-11(3,5-2)8(9)10;/h8H,4-7H2,1-3H3;1H/q+1;/p-1. The first kappa shape index (κ1) is 14.6. The maximum absolute atomic E-state index is 12.4. The highest BCUT2D eigenvalue weighted by Crippen LogP contribution is 2.14. The van der Waals surface area contributed by atoms with E-state index in [-0.39, 0.29) is 16.9 Å². The van der Waals surface area contributed by atoms with Gasteiger partial charge in [-0.3, -0.25) is 4.48 Å². The highest BCUT2D eigenvalue weighted by Gasteiger charge is 2.29. The lowest BCUT2D eigenvalue weighted by atomic mass is 10.3. The minimum absolute atomic E-state index is 0. The molecule has 1 atom stereocenters. The molecule has 0 amide bonds. The largest absolute Gasteiger partial charge is 1.00 e. The summed E-state index contributed by atoms with van der Waals surface area (Å²) >= 11 is 0. The van der Waals surface area contributed by atoms with Crippen molar-refractivity contribution in [2.75, 3.05) is 20.1 Å². The van der Waals surface area contributed by atoms with Gasteiger partial charge in [0.2, 0.25) is 0 Å². The molecule has 1 unspecified atom stereocenters. The first-order valence-corrected chi connectivity index (χ1v) is 4.19. The SMILES string of the molecule is CCCC[N+](C)(CC)C(F)F.[Cl-]. The lowest BCUT2D eigenvalue weighted by Gasteiger charge is -2.31. The van der Waals surface area contributed by atoms with E-state index in [2.05, 4.69) is 0 Å². The molecule has 0 aliphatic heterocycles. The second-order valence-electron chi connectivity index (χ2n) is 3.15. The Balaban J connectivity index is 0. The van der Waals surface area contributed by atoms with Crippen LogP contribution in [-0.2, 0) is 0 Å². The lowest BCUT2D eigenvalue weighted by Crippen LogP contribution is -3.00. The van der Waals surface area contributed by atoms with Crippen LogP contribution in [0.4, 0.5) is 8.78 Å². The summed E-state index contributed by atoms with van der Waals surface area (Å²) in [6.45, 7) is 2.70. The Labute approximate surface area is 79.7 Å². The summed E-state index contributed by atoms with van der Waals surface area (Å²) < 4.78 is 24.7. The number of unbranched alkanes of at least 4 members (excludes halogenated alkanes) is 1. The zero-order valence-corrected chi connectivity index (χ0v) is 8.74. The van der Waals surface area contributed by atoms with Gasteiger partial charge >= 0.3 is 6.55 Å². The number of hydrogen-bond donors (Lipinski definition) is 0. The van der Waals surface area contributed by atoms with Crippen LogP contribution in [-0.4, -0.2) is 31.2 Å². The molecule has 0 rings (SSSR count). The Morgan fingerprint density at radius 2 is 1.75 bits per heavy atom. The summed E-state index contributed by atoms with van der Waals surface area (Å²) in [5.41, 5.74) is 0. The first-order chi connectivity index (χ1) is 5.06.